The molecule has 6 nitrogen and oxygen atoms in total. The van der Waals surface area contributed by atoms with Gasteiger partial charge in [-0.15, -0.1) is 0 Å². The number of nitro groups is 1. The van der Waals surface area contributed by atoms with Crippen molar-refractivity contribution in [3.05, 3.63) is 22.2 Å². The molecular formula is C12H18N4O2. The summed E-state index contributed by atoms with van der Waals surface area (Å²) in [5.41, 5.74) is 5.50. The Balaban J connectivity index is 2.16. The normalized spacial score (nSPS) is 17.0. The molecule has 0 bridgehead atoms. The Bertz CT molecular complexity index is 428. The zero-order valence-corrected chi connectivity index (χ0v) is 10.3. The number of hydrogen-bond donors (Lipinski definition) is 1. The fraction of sp³-hybridized carbons (Fsp3) is 0.583. The maximum atomic E-state index is 10.7. The van der Waals surface area contributed by atoms with E-state index < -0.39 is 4.92 Å². The Morgan fingerprint density at radius 2 is 1.78 bits per heavy atom. The molecule has 0 spiro atoms. The lowest BCUT2D eigenvalue weighted by atomic mass is 10.1. The van der Waals surface area contributed by atoms with Crippen LogP contribution >= 0.6 is 0 Å². The van der Waals surface area contributed by atoms with Crippen molar-refractivity contribution < 1.29 is 4.92 Å². The highest BCUT2D eigenvalue weighted by atomic mass is 16.6. The van der Waals surface area contributed by atoms with E-state index in [9.17, 15) is 10.1 Å². The lowest BCUT2D eigenvalue weighted by Gasteiger charge is -2.25. The SMILES string of the molecule is Nc1nc(N2CCCCCCC2)ccc1[N+](=O)[O-]. The third kappa shape index (κ3) is 2.88. The van der Waals surface area contributed by atoms with E-state index in [0.717, 1.165) is 31.7 Å². The molecule has 1 aromatic rings. The number of hydrogen-bond acceptors (Lipinski definition) is 5. The molecule has 1 saturated heterocycles. The summed E-state index contributed by atoms with van der Waals surface area (Å²) in [6.07, 6.45) is 6.04. The van der Waals surface area contributed by atoms with E-state index in [2.05, 4.69) is 9.88 Å². The average Bonchev–Trinajstić information content (AvgIpc) is 2.27. The number of anilines is 2. The van der Waals surface area contributed by atoms with Crippen LogP contribution in [0.25, 0.3) is 0 Å². The smallest absolute Gasteiger partial charge is 0.311 e. The van der Waals surface area contributed by atoms with Gasteiger partial charge in [0.25, 0.3) is 0 Å². The van der Waals surface area contributed by atoms with Crippen LogP contribution in [0, 0.1) is 10.1 Å². The van der Waals surface area contributed by atoms with Crippen molar-refractivity contribution in [3.8, 4) is 0 Å². The monoisotopic (exact) mass is 250 g/mol. The lowest BCUT2D eigenvalue weighted by molar-refractivity contribution is -0.384. The van der Waals surface area contributed by atoms with Crippen molar-refractivity contribution in [1.29, 1.82) is 0 Å². The predicted octanol–water partition coefficient (Wildman–Crippen LogP) is 2.34. The molecule has 1 fully saturated rings. The molecule has 2 N–H and O–H groups in total. The minimum Gasteiger partial charge on any atom is -0.378 e. The quantitative estimate of drug-likeness (QED) is 0.643. The molecular weight excluding hydrogens is 232 g/mol. The Morgan fingerprint density at radius 1 is 1.17 bits per heavy atom. The van der Waals surface area contributed by atoms with Crippen LogP contribution in [0.4, 0.5) is 17.3 Å². The molecule has 18 heavy (non-hydrogen) atoms. The topological polar surface area (TPSA) is 85.3 Å². The highest BCUT2D eigenvalue weighted by molar-refractivity contribution is 5.57. The maximum Gasteiger partial charge on any atom is 0.311 e. The Labute approximate surface area is 106 Å². The summed E-state index contributed by atoms with van der Waals surface area (Å²) in [4.78, 5) is 16.5. The predicted molar refractivity (Wildman–Crippen MR) is 70.6 cm³/mol. The van der Waals surface area contributed by atoms with Crippen LogP contribution in [0.3, 0.4) is 0 Å². The van der Waals surface area contributed by atoms with Crippen LogP contribution < -0.4 is 10.6 Å². The molecule has 1 aliphatic rings. The molecule has 0 aromatic carbocycles. The van der Waals surface area contributed by atoms with Gasteiger partial charge in [0.1, 0.15) is 5.82 Å². The second kappa shape index (κ2) is 5.66. The van der Waals surface area contributed by atoms with E-state index in [4.69, 9.17) is 5.73 Å². The number of nitrogens with zero attached hydrogens (tertiary/aromatic N) is 3. The van der Waals surface area contributed by atoms with E-state index in [1.54, 1.807) is 6.07 Å². The molecule has 2 heterocycles. The highest BCUT2D eigenvalue weighted by Crippen LogP contribution is 2.24. The number of aromatic nitrogens is 1. The maximum absolute atomic E-state index is 10.7. The lowest BCUT2D eigenvalue weighted by Crippen LogP contribution is -2.28. The van der Waals surface area contributed by atoms with Gasteiger partial charge in [0.2, 0.25) is 5.82 Å². The van der Waals surface area contributed by atoms with Gasteiger partial charge in [0.15, 0.2) is 0 Å². The molecule has 0 aliphatic carbocycles. The fourth-order valence-corrected chi connectivity index (χ4v) is 2.26. The molecule has 2 rings (SSSR count). The minimum atomic E-state index is -0.500. The number of pyridine rings is 1. The summed E-state index contributed by atoms with van der Waals surface area (Å²) < 4.78 is 0. The molecule has 0 saturated carbocycles. The molecule has 0 unspecified atom stereocenters. The second-order valence-corrected chi connectivity index (χ2v) is 4.59. The van der Waals surface area contributed by atoms with Crippen LogP contribution in [0.5, 0.6) is 0 Å². The van der Waals surface area contributed by atoms with Gasteiger partial charge in [-0.2, -0.15) is 0 Å². The van der Waals surface area contributed by atoms with Gasteiger partial charge in [0, 0.05) is 19.2 Å². The van der Waals surface area contributed by atoms with Crippen LogP contribution in [0.15, 0.2) is 12.1 Å². The highest BCUT2D eigenvalue weighted by Gasteiger charge is 2.16. The third-order valence-corrected chi connectivity index (χ3v) is 3.26. The van der Waals surface area contributed by atoms with E-state index in [0.29, 0.717) is 0 Å². The molecule has 6 heteroatoms. The van der Waals surface area contributed by atoms with Crippen molar-refractivity contribution in [2.75, 3.05) is 23.7 Å². The zero-order valence-electron chi connectivity index (χ0n) is 10.3. The Hall–Kier alpha value is -1.85. The average molecular weight is 250 g/mol. The summed E-state index contributed by atoms with van der Waals surface area (Å²) in [5.74, 6) is 0.750. The van der Waals surface area contributed by atoms with E-state index in [-0.39, 0.29) is 11.5 Å². The first-order valence-electron chi connectivity index (χ1n) is 6.34. The fourth-order valence-electron chi connectivity index (χ4n) is 2.26. The molecule has 0 atom stereocenters. The Kier molecular flexibility index (Phi) is 3.96. The van der Waals surface area contributed by atoms with Gasteiger partial charge in [-0.1, -0.05) is 19.3 Å². The number of rotatable bonds is 2. The van der Waals surface area contributed by atoms with Gasteiger partial charge in [-0.25, -0.2) is 4.98 Å². The first kappa shape index (κ1) is 12.6. The first-order valence-corrected chi connectivity index (χ1v) is 6.34. The first-order chi connectivity index (χ1) is 8.68. The van der Waals surface area contributed by atoms with E-state index in [1.165, 1.54) is 25.3 Å². The van der Waals surface area contributed by atoms with Crippen molar-refractivity contribution in [3.63, 3.8) is 0 Å². The van der Waals surface area contributed by atoms with Crippen molar-refractivity contribution in [1.82, 2.24) is 4.98 Å². The van der Waals surface area contributed by atoms with Crippen molar-refractivity contribution >= 4 is 17.3 Å². The number of nitrogen functional groups attached to an aromatic ring is 1. The van der Waals surface area contributed by atoms with Gasteiger partial charge in [-0.05, 0) is 18.9 Å². The summed E-state index contributed by atoms with van der Waals surface area (Å²) >= 11 is 0. The molecule has 1 aliphatic heterocycles. The van der Waals surface area contributed by atoms with Crippen molar-refractivity contribution in [2.24, 2.45) is 0 Å². The van der Waals surface area contributed by atoms with Crippen LogP contribution in [0.1, 0.15) is 32.1 Å². The second-order valence-electron chi connectivity index (χ2n) is 4.59. The number of nitrogens with two attached hydrogens (primary N) is 1. The largest absolute Gasteiger partial charge is 0.378 e. The van der Waals surface area contributed by atoms with Gasteiger partial charge < -0.3 is 10.6 Å². The van der Waals surface area contributed by atoms with Crippen LogP contribution in [-0.4, -0.2) is 23.0 Å². The third-order valence-electron chi connectivity index (χ3n) is 3.26. The van der Waals surface area contributed by atoms with Gasteiger partial charge in [0.05, 0.1) is 4.92 Å². The summed E-state index contributed by atoms with van der Waals surface area (Å²) in [7, 11) is 0. The zero-order chi connectivity index (χ0) is 13.0. The Morgan fingerprint density at radius 3 is 2.33 bits per heavy atom. The van der Waals surface area contributed by atoms with E-state index >= 15 is 0 Å². The molecule has 0 amide bonds. The summed E-state index contributed by atoms with van der Waals surface area (Å²) in [6.45, 7) is 1.90. The van der Waals surface area contributed by atoms with Crippen LogP contribution in [0.2, 0.25) is 0 Å². The van der Waals surface area contributed by atoms with E-state index in [1.807, 2.05) is 0 Å². The standard InChI is InChI=1S/C12H18N4O2/c13-12-10(16(17)18)6-7-11(14-12)15-8-4-2-1-3-5-9-15/h6-7H,1-5,8-9H2,(H2,13,14). The van der Waals surface area contributed by atoms with Crippen LogP contribution in [-0.2, 0) is 0 Å². The minimum absolute atomic E-state index is 0.000408. The molecule has 98 valence electrons. The summed E-state index contributed by atoms with van der Waals surface area (Å²) in [6, 6.07) is 3.13. The molecule has 0 radical (unpaired) electrons. The van der Waals surface area contributed by atoms with Gasteiger partial charge in [-0.3, -0.25) is 10.1 Å². The molecule has 1 aromatic heterocycles. The van der Waals surface area contributed by atoms with Gasteiger partial charge >= 0.3 is 5.69 Å². The summed E-state index contributed by atoms with van der Waals surface area (Å²) in [5, 5.41) is 10.7. The van der Waals surface area contributed by atoms with Crippen molar-refractivity contribution in [2.45, 2.75) is 32.1 Å².